The maximum atomic E-state index is 6.12. The minimum Gasteiger partial charge on any atom is -0.314 e. The topological polar surface area (TPSA) is 41.3 Å². The molecule has 1 aliphatic rings. The summed E-state index contributed by atoms with van der Waals surface area (Å²) in [7, 11) is 0. The van der Waals surface area contributed by atoms with Gasteiger partial charge in [0.1, 0.15) is 0 Å². The first-order chi connectivity index (χ1) is 6.38. The Labute approximate surface area is 82.5 Å². The van der Waals surface area contributed by atoms with Crippen LogP contribution in [0.3, 0.4) is 0 Å². The number of rotatable bonds is 2. The van der Waals surface area contributed by atoms with Crippen molar-refractivity contribution in [2.75, 3.05) is 26.2 Å². The Balaban J connectivity index is 1.99. The van der Waals surface area contributed by atoms with Gasteiger partial charge in [0.15, 0.2) is 0 Å². The van der Waals surface area contributed by atoms with Gasteiger partial charge in [-0.1, -0.05) is 6.07 Å². The number of nitrogens with zero attached hydrogens (tertiary/aromatic N) is 1. The van der Waals surface area contributed by atoms with Gasteiger partial charge in [-0.05, 0) is 11.4 Å². The summed E-state index contributed by atoms with van der Waals surface area (Å²) in [5, 5.41) is 5.40. The predicted octanol–water partition coefficient (Wildman–Crippen LogP) is 0.611. The average Bonchev–Trinajstić information content (AvgIpc) is 2.71. The smallest absolute Gasteiger partial charge is 0.0930 e. The van der Waals surface area contributed by atoms with E-state index in [0.717, 1.165) is 26.2 Å². The van der Waals surface area contributed by atoms with Gasteiger partial charge in [0, 0.05) is 31.1 Å². The highest BCUT2D eigenvalue weighted by Gasteiger charge is 2.18. The third-order valence-electron chi connectivity index (χ3n) is 2.38. The molecule has 1 fully saturated rings. The maximum absolute atomic E-state index is 6.12. The normalized spacial score (nSPS) is 21.6. The SMILES string of the molecule is NC(c1cccs1)N1CCNCC1. The van der Waals surface area contributed by atoms with Crippen molar-refractivity contribution in [2.24, 2.45) is 5.73 Å². The summed E-state index contributed by atoms with van der Waals surface area (Å²) in [6.45, 7) is 4.22. The molecule has 3 N–H and O–H groups in total. The Morgan fingerprint density at radius 3 is 2.85 bits per heavy atom. The van der Waals surface area contributed by atoms with E-state index < -0.39 is 0 Å². The van der Waals surface area contributed by atoms with Crippen LogP contribution in [0.25, 0.3) is 0 Å². The molecule has 13 heavy (non-hydrogen) atoms. The molecule has 0 radical (unpaired) electrons. The zero-order chi connectivity index (χ0) is 9.10. The van der Waals surface area contributed by atoms with Crippen LogP contribution in [-0.4, -0.2) is 31.1 Å². The highest BCUT2D eigenvalue weighted by atomic mass is 32.1. The van der Waals surface area contributed by atoms with Crippen LogP contribution >= 0.6 is 11.3 Å². The van der Waals surface area contributed by atoms with E-state index in [1.54, 1.807) is 11.3 Å². The van der Waals surface area contributed by atoms with Crippen molar-refractivity contribution in [3.05, 3.63) is 22.4 Å². The summed E-state index contributed by atoms with van der Waals surface area (Å²) in [4.78, 5) is 3.59. The van der Waals surface area contributed by atoms with E-state index in [0.29, 0.717) is 0 Å². The second kappa shape index (κ2) is 4.19. The maximum Gasteiger partial charge on any atom is 0.0930 e. The zero-order valence-electron chi connectivity index (χ0n) is 7.57. The number of thiophene rings is 1. The highest BCUT2D eigenvalue weighted by Crippen LogP contribution is 2.20. The molecule has 0 bridgehead atoms. The lowest BCUT2D eigenvalue weighted by atomic mass is 10.3. The van der Waals surface area contributed by atoms with Gasteiger partial charge in [0.05, 0.1) is 6.17 Å². The fraction of sp³-hybridized carbons (Fsp3) is 0.556. The van der Waals surface area contributed by atoms with Crippen LogP contribution in [0.4, 0.5) is 0 Å². The van der Waals surface area contributed by atoms with Gasteiger partial charge in [0.25, 0.3) is 0 Å². The van der Waals surface area contributed by atoms with Crippen molar-refractivity contribution in [3.8, 4) is 0 Å². The largest absolute Gasteiger partial charge is 0.314 e. The molecular weight excluding hydrogens is 182 g/mol. The van der Waals surface area contributed by atoms with Crippen molar-refractivity contribution in [1.29, 1.82) is 0 Å². The van der Waals surface area contributed by atoms with E-state index in [1.807, 2.05) is 0 Å². The van der Waals surface area contributed by atoms with E-state index in [9.17, 15) is 0 Å². The lowest BCUT2D eigenvalue weighted by Crippen LogP contribution is -2.47. The molecule has 1 aromatic rings. The van der Waals surface area contributed by atoms with Crippen molar-refractivity contribution >= 4 is 11.3 Å². The molecule has 0 amide bonds. The van der Waals surface area contributed by atoms with Gasteiger partial charge in [-0.25, -0.2) is 0 Å². The Morgan fingerprint density at radius 1 is 1.46 bits per heavy atom. The standard InChI is InChI=1S/C9H15N3S/c10-9(8-2-1-7-13-8)12-5-3-11-4-6-12/h1-2,7,9,11H,3-6,10H2. The summed E-state index contributed by atoms with van der Waals surface area (Å²) >= 11 is 1.74. The van der Waals surface area contributed by atoms with Crippen LogP contribution in [-0.2, 0) is 0 Å². The number of piperazine rings is 1. The molecule has 1 unspecified atom stereocenters. The number of nitrogens with one attached hydrogen (secondary N) is 1. The molecule has 0 spiro atoms. The first kappa shape index (κ1) is 9.15. The minimum absolute atomic E-state index is 0.0992. The summed E-state index contributed by atoms with van der Waals surface area (Å²) in [5.41, 5.74) is 6.12. The second-order valence-corrected chi connectivity index (χ2v) is 4.23. The monoisotopic (exact) mass is 197 g/mol. The van der Waals surface area contributed by atoms with Gasteiger partial charge in [-0.15, -0.1) is 11.3 Å². The van der Waals surface area contributed by atoms with Gasteiger partial charge >= 0.3 is 0 Å². The Morgan fingerprint density at radius 2 is 2.23 bits per heavy atom. The minimum atomic E-state index is 0.0992. The third kappa shape index (κ3) is 2.08. The summed E-state index contributed by atoms with van der Waals surface area (Å²) < 4.78 is 0. The van der Waals surface area contributed by atoms with Gasteiger partial charge in [0.2, 0.25) is 0 Å². The highest BCUT2D eigenvalue weighted by molar-refractivity contribution is 7.10. The average molecular weight is 197 g/mol. The lowest BCUT2D eigenvalue weighted by Gasteiger charge is -2.31. The third-order valence-corrected chi connectivity index (χ3v) is 3.32. The summed E-state index contributed by atoms with van der Waals surface area (Å²) in [6, 6.07) is 4.17. The van der Waals surface area contributed by atoms with Crippen LogP contribution in [0.15, 0.2) is 17.5 Å². The van der Waals surface area contributed by atoms with E-state index in [2.05, 4.69) is 27.7 Å². The second-order valence-electron chi connectivity index (χ2n) is 3.25. The summed E-state index contributed by atoms with van der Waals surface area (Å²) in [5.74, 6) is 0. The van der Waals surface area contributed by atoms with Crippen molar-refractivity contribution < 1.29 is 0 Å². The van der Waals surface area contributed by atoms with Crippen LogP contribution in [0.5, 0.6) is 0 Å². The van der Waals surface area contributed by atoms with E-state index in [1.165, 1.54) is 4.88 Å². The Hall–Kier alpha value is -0.420. The predicted molar refractivity (Wildman–Crippen MR) is 55.7 cm³/mol. The molecule has 0 saturated carbocycles. The van der Waals surface area contributed by atoms with Crippen LogP contribution in [0.1, 0.15) is 11.0 Å². The van der Waals surface area contributed by atoms with Crippen molar-refractivity contribution in [3.63, 3.8) is 0 Å². The van der Waals surface area contributed by atoms with E-state index >= 15 is 0 Å². The fourth-order valence-corrected chi connectivity index (χ4v) is 2.36. The number of hydrogen-bond donors (Lipinski definition) is 2. The van der Waals surface area contributed by atoms with Crippen LogP contribution in [0.2, 0.25) is 0 Å². The Kier molecular flexibility index (Phi) is 2.95. The molecule has 4 heteroatoms. The quantitative estimate of drug-likeness (QED) is 0.730. The zero-order valence-corrected chi connectivity index (χ0v) is 8.39. The first-order valence-electron chi connectivity index (χ1n) is 4.61. The molecule has 0 aliphatic carbocycles. The van der Waals surface area contributed by atoms with Crippen molar-refractivity contribution in [2.45, 2.75) is 6.17 Å². The molecule has 3 nitrogen and oxygen atoms in total. The molecule has 1 saturated heterocycles. The number of hydrogen-bond acceptors (Lipinski definition) is 4. The Bertz CT molecular complexity index is 241. The molecule has 1 atom stereocenters. The van der Waals surface area contributed by atoms with Gasteiger partial charge < -0.3 is 11.1 Å². The molecule has 1 aromatic heterocycles. The van der Waals surface area contributed by atoms with Crippen LogP contribution < -0.4 is 11.1 Å². The molecule has 0 aromatic carbocycles. The van der Waals surface area contributed by atoms with Crippen LogP contribution in [0, 0.1) is 0 Å². The number of nitrogens with two attached hydrogens (primary N) is 1. The van der Waals surface area contributed by atoms with Gasteiger partial charge in [-0.3, -0.25) is 4.90 Å². The molecule has 2 heterocycles. The van der Waals surface area contributed by atoms with Crippen molar-refractivity contribution in [1.82, 2.24) is 10.2 Å². The molecule has 1 aliphatic heterocycles. The molecule has 72 valence electrons. The first-order valence-corrected chi connectivity index (χ1v) is 5.49. The summed E-state index contributed by atoms with van der Waals surface area (Å²) in [6.07, 6.45) is 0.0992. The molecular formula is C9H15N3S. The molecule has 2 rings (SSSR count). The lowest BCUT2D eigenvalue weighted by molar-refractivity contribution is 0.180. The van der Waals surface area contributed by atoms with Gasteiger partial charge in [-0.2, -0.15) is 0 Å². The van der Waals surface area contributed by atoms with E-state index in [-0.39, 0.29) is 6.17 Å². The van der Waals surface area contributed by atoms with E-state index in [4.69, 9.17) is 5.73 Å². The fourth-order valence-electron chi connectivity index (χ4n) is 1.60.